The fraction of sp³-hybridized carbons (Fsp3) is 0.600. The Bertz CT molecular complexity index is 348. The summed E-state index contributed by atoms with van der Waals surface area (Å²) in [6.45, 7) is 2.13. The average molecular weight is 268 g/mol. The second-order valence-electron chi connectivity index (χ2n) is 3.62. The van der Waals surface area contributed by atoms with Crippen LogP contribution in [0, 0.1) is 6.92 Å². The van der Waals surface area contributed by atoms with E-state index in [9.17, 15) is 13.2 Å². The third-order valence-electron chi connectivity index (χ3n) is 2.00. The van der Waals surface area contributed by atoms with Crippen LogP contribution in [0.1, 0.15) is 25.1 Å². The summed E-state index contributed by atoms with van der Waals surface area (Å²) in [5, 5.41) is 3.22. The Morgan fingerprint density at radius 3 is 2.59 bits per heavy atom. The molecule has 0 aliphatic rings. The van der Waals surface area contributed by atoms with Gasteiger partial charge >= 0.3 is 6.18 Å². The lowest BCUT2D eigenvalue weighted by Gasteiger charge is -2.08. The van der Waals surface area contributed by atoms with E-state index in [4.69, 9.17) is 11.6 Å². The molecule has 0 aromatic carbocycles. The molecule has 0 unspecified atom stereocenters. The summed E-state index contributed by atoms with van der Waals surface area (Å²) >= 11 is 5.71. The number of hydrogen-bond acceptors (Lipinski definition) is 3. The number of unbranched alkanes of at least 4 members (excludes halogenated alkanes) is 1. The molecule has 0 saturated carbocycles. The van der Waals surface area contributed by atoms with Gasteiger partial charge in [-0.05, 0) is 19.8 Å². The van der Waals surface area contributed by atoms with Crippen molar-refractivity contribution < 1.29 is 13.2 Å². The van der Waals surface area contributed by atoms with E-state index in [1.54, 1.807) is 6.92 Å². The molecule has 1 aromatic rings. The molecular weight excluding hydrogens is 255 g/mol. The Morgan fingerprint density at radius 1 is 1.29 bits per heavy atom. The van der Waals surface area contributed by atoms with Gasteiger partial charge in [-0.25, -0.2) is 9.97 Å². The van der Waals surface area contributed by atoms with Crippen LogP contribution < -0.4 is 5.32 Å². The monoisotopic (exact) mass is 267 g/mol. The Kier molecular flexibility index (Phi) is 4.99. The van der Waals surface area contributed by atoms with Crippen molar-refractivity contribution in [1.82, 2.24) is 9.97 Å². The summed E-state index contributed by atoms with van der Waals surface area (Å²) in [5.74, 6) is 1.06. The second kappa shape index (κ2) is 6.05. The molecule has 0 fully saturated rings. The van der Waals surface area contributed by atoms with Crippen LogP contribution in [0.5, 0.6) is 0 Å². The molecule has 7 heteroatoms. The van der Waals surface area contributed by atoms with Gasteiger partial charge in [-0.1, -0.05) is 11.6 Å². The third kappa shape index (κ3) is 6.31. The minimum atomic E-state index is -4.07. The van der Waals surface area contributed by atoms with Crippen molar-refractivity contribution in [2.45, 2.75) is 32.4 Å². The minimum Gasteiger partial charge on any atom is -0.370 e. The number of anilines is 1. The molecule has 17 heavy (non-hydrogen) atoms. The second-order valence-corrected chi connectivity index (χ2v) is 4.01. The van der Waals surface area contributed by atoms with Crippen molar-refractivity contribution in [2.75, 3.05) is 11.9 Å². The Hall–Kier alpha value is -1.04. The molecule has 0 radical (unpaired) electrons. The van der Waals surface area contributed by atoms with Gasteiger partial charge in [0, 0.05) is 19.0 Å². The van der Waals surface area contributed by atoms with Gasteiger partial charge in [0.25, 0.3) is 0 Å². The molecule has 0 amide bonds. The van der Waals surface area contributed by atoms with E-state index in [1.165, 1.54) is 6.07 Å². The number of rotatable bonds is 5. The lowest BCUT2D eigenvalue weighted by Crippen LogP contribution is -2.09. The summed E-state index contributed by atoms with van der Waals surface area (Å²) in [5.41, 5.74) is 0. The Balaban J connectivity index is 2.27. The van der Waals surface area contributed by atoms with Crippen molar-refractivity contribution in [1.29, 1.82) is 0 Å². The number of aryl methyl sites for hydroxylation is 1. The van der Waals surface area contributed by atoms with Crippen molar-refractivity contribution in [2.24, 2.45) is 0 Å². The van der Waals surface area contributed by atoms with Gasteiger partial charge in [0.05, 0.1) is 0 Å². The van der Waals surface area contributed by atoms with Crippen molar-refractivity contribution in [3.05, 3.63) is 17.0 Å². The topological polar surface area (TPSA) is 37.8 Å². The predicted octanol–water partition coefficient (Wildman–Crippen LogP) is 3.58. The molecule has 96 valence electrons. The highest BCUT2D eigenvalue weighted by molar-refractivity contribution is 6.29. The van der Waals surface area contributed by atoms with Gasteiger partial charge < -0.3 is 5.32 Å². The highest BCUT2D eigenvalue weighted by Gasteiger charge is 2.25. The maximum absolute atomic E-state index is 11.9. The number of alkyl halides is 3. The molecule has 1 rings (SSSR count). The van der Waals surface area contributed by atoms with E-state index in [0.717, 1.165) is 0 Å². The van der Waals surface area contributed by atoms with E-state index in [0.29, 0.717) is 29.8 Å². The number of hydrogen-bond donors (Lipinski definition) is 1. The largest absolute Gasteiger partial charge is 0.389 e. The maximum atomic E-state index is 11.9. The lowest BCUT2D eigenvalue weighted by molar-refractivity contribution is -0.135. The normalized spacial score (nSPS) is 11.6. The fourth-order valence-electron chi connectivity index (χ4n) is 1.29. The summed E-state index contributed by atoms with van der Waals surface area (Å²) in [7, 11) is 0. The standard InChI is InChI=1S/C10H13ClF3N3/c1-7-16-8(11)6-9(17-7)15-5-3-2-4-10(12,13)14/h6H,2-5H2,1H3,(H,15,16,17). The van der Waals surface area contributed by atoms with Crippen LogP contribution in [0.3, 0.4) is 0 Å². The predicted molar refractivity (Wildman–Crippen MR) is 60.2 cm³/mol. The fourth-order valence-corrected chi connectivity index (χ4v) is 1.51. The Morgan fingerprint density at radius 2 is 2.00 bits per heavy atom. The van der Waals surface area contributed by atoms with Crippen LogP contribution in [0.25, 0.3) is 0 Å². The lowest BCUT2D eigenvalue weighted by atomic mass is 10.2. The van der Waals surface area contributed by atoms with E-state index in [-0.39, 0.29) is 6.42 Å². The van der Waals surface area contributed by atoms with Gasteiger partial charge in [0.15, 0.2) is 0 Å². The molecule has 0 aliphatic carbocycles. The SMILES string of the molecule is Cc1nc(Cl)cc(NCCCCC(F)(F)F)n1. The first-order valence-corrected chi connectivity index (χ1v) is 5.56. The van der Waals surface area contributed by atoms with Crippen LogP contribution in [0.2, 0.25) is 5.15 Å². The van der Waals surface area contributed by atoms with Gasteiger partial charge in [-0.3, -0.25) is 0 Å². The molecule has 0 spiro atoms. The molecule has 0 aliphatic heterocycles. The zero-order valence-corrected chi connectivity index (χ0v) is 10.1. The van der Waals surface area contributed by atoms with Crippen LogP contribution >= 0.6 is 11.6 Å². The van der Waals surface area contributed by atoms with Gasteiger partial charge in [-0.15, -0.1) is 0 Å². The van der Waals surface area contributed by atoms with Crippen molar-refractivity contribution >= 4 is 17.4 Å². The van der Waals surface area contributed by atoms with E-state index >= 15 is 0 Å². The van der Waals surface area contributed by atoms with E-state index < -0.39 is 12.6 Å². The zero-order valence-electron chi connectivity index (χ0n) is 9.31. The Labute approximate surface area is 102 Å². The van der Waals surface area contributed by atoms with Crippen molar-refractivity contribution in [3.8, 4) is 0 Å². The molecule has 1 aromatic heterocycles. The summed E-state index contributed by atoms with van der Waals surface area (Å²) in [4.78, 5) is 7.93. The van der Waals surface area contributed by atoms with Gasteiger partial charge in [0.1, 0.15) is 16.8 Å². The average Bonchev–Trinajstić information content (AvgIpc) is 2.13. The first-order chi connectivity index (χ1) is 7.87. The van der Waals surface area contributed by atoms with E-state index in [2.05, 4.69) is 15.3 Å². The highest BCUT2D eigenvalue weighted by Crippen LogP contribution is 2.22. The molecule has 1 heterocycles. The number of nitrogens with zero attached hydrogens (tertiary/aromatic N) is 2. The minimum absolute atomic E-state index is 0.105. The molecule has 0 bridgehead atoms. The van der Waals surface area contributed by atoms with E-state index in [1.807, 2.05) is 0 Å². The van der Waals surface area contributed by atoms with Crippen molar-refractivity contribution in [3.63, 3.8) is 0 Å². The number of nitrogens with one attached hydrogen (secondary N) is 1. The van der Waals surface area contributed by atoms with Crippen LogP contribution in [-0.4, -0.2) is 22.7 Å². The summed E-state index contributed by atoms with van der Waals surface area (Å²) in [6, 6.07) is 1.54. The van der Waals surface area contributed by atoms with Crippen LogP contribution in [0.4, 0.5) is 19.0 Å². The quantitative estimate of drug-likeness (QED) is 0.654. The maximum Gasteiger partial charge on any atom is 0.389 e. The van der Waals surface area contributed by atoms with Crippen LogP contribution in [0.15, 0.2) is 6.07 Å². The zero-order chi connectivity index (χ0) is 12.9. The van der Waals surface area contributed by atoms with Crippen LogP contribution in [-0.2, 0) is 0 Å². The molecule has 3 nitrogen and oxygen atoms in total. The molecule has 0 atom stereocenters. The number of halogens is 4. The molecule has 0 saturated heterocycles. The third-order valence-corrected chi connectivity index (χ3v) is 2.19. The first kappa shape index (κ1) is 14.0. The summed E-state index contributed by atoms with van der Waals surface area (Å²) in [6.07, 6.45) is -4.29. The molecule has 1 N–H and O–H groups in total. The first-order valence-electron chi connectivity index (χ1n) is 5.18. The highest BCUT2D eigenvalue weighted by atomic mass is 35.5. The summed E-state index contributed by atoms with van der Waals surface area (Å²) < 4.78 is 35.6. The molecular formula is C10H13ClF3N3. The number of aromatic nitrogens is 2. The van der Waals surface area contributed by atoms with Gasteiger partial charge in [-0.2, -0.15) is 13.2 Å². The smallest absolute Gasteiger partial charge is 0.370 e. The van der Waals surface area contributed by atoms with Gasteiger partial charge in [0.2, 0.25) is 0 Å².